The Morgan fingerprint density at radius 2 is 2.00 bits per heavy atom. The van der Waals surface area contributed by atoms with Gasteiger partial charge in [-0.05, 0) is 16.8 Å². The minimum absolute atomic E-state index is 0.388. The van der Waals surface area contributed by atoms with Gasteiger partial charge in [0.2, 0.25) is 0 Å². The average Bonchev–Trinajstić information content (AvgIpc) is 2.92. The molecule has 2 aromatic rings. The maximum absolute atomic E-state index is 12.3. The number of benzene rings is 1. The molecule has 4 N–H and O–H groups in total. The van der Waals surface area contributed by atoms with Gasteiger partial charge in [-0.2, -0.15) is 11.3 Å². The van der Waals surface area contributed by atoms with Crippen molar-refractivity contribution in [1.82, 2.24) is 5.32 Å². The van der Waals surface area contributed by atoms with Crippen LogP contribution in [0.25, 0.3) is 0 Å². The van der Waals surface area contributed by atoms with Crippen LogP contribution < -0.4 is 16.0 Å². The molecular formula is C15H18N3O2S+. The zero-order valence-electron chi connectivity index (χ0n) is 11.7. The molecule has 1 heterocycles. The van der Waals surface area contributed by atoms with Gasteiger partial charge in [0.25, 0.3) is 5.91 Å². The van der Waals surface area contributed by atoms with Crippen LogP contribution in [0.15, 0.2) is 47.2 Å². The van der Waals surface area contributed by atoms with Crippen molar-refractivity contribution in [1.29, 1.82) is 0 Å². The van der Waals surface area contributed by atoms with E-state index in [9.17, 15) is 9.59 Å². The number of hydrogen-bond acceptors (Lipinski definition) is 3. The lowest BCUT2D eigenvalue weighted by molar-refractivity contribution is -0.916. The summed E-state index contributed by atoms with van der Waals surface area (Å²) in [5, 5.41) is 6.24. The molecule has 2 rings (SSSR count). The molecule has 0 aliphatic heterocycles. The number of quaternary nitrogens is 1. The monoisotopic (exact) mass is 304 g/mol. The number of imide groups is 1. The summed E-state index contributed by atoms with van der Waals surface area (Å²) in [5.41, 5.74) is 7.08. The van der Waals surface area contributed by atoms with Gasteiger partial charge in [-0.3, -0.25) is 10.1 Å². The van der Waals surface area contributed by atoms with Gasteiger partial charge < -0.3 is 10.6 Å². The molecule has 0 radical (unpaired) electrons. The molecule has 1 aromatic heterocycles. The highest BCUT2D eigenvalue weighted by molar-refractivity contribution is 7.07. The second-order valence-electron chi connectivity index (χ2n) is 4.85. The van der Waals surface area contributed by atoms with E-state index in [1.165, 1.54) is 0 Å². The summed E-state index contributed by atoms with van der Waals surface area (Å²) in [7, 11) is 1.93. The minimum atomic E-state index is -0.829. The summed E-state index contributed by atoms with van der Waals surface area (Å²) in [4.78, 5) is 24.2. The third kappa shape index (κ3) is 4.14. The molecule has 1 unspecified atom stereocenters. The highest BCUT2D eigenvalue weighted by Gasteiger charge is 2.29. The minimum Gasteiger partial charge on any atom is -0.351 e. The molecule has 0 aliphatic rings. The predicted octanol–water partition coefficient (Wildman–Crippen LogP) is 0.699. The Morgan fingerprint density at radius 3 is 2.57 bits per heavy atom. The summed E-state index contributed by atoms with van der Waals surface area (Å²) in [6, 6.07) is 10.1. The van der Waals surface area contributed by atoms with Crippen LogP contribution in [0, 0.1) is 0 Å². The first-order valence-corrected chi connectivity index (χ1v) is 7.51. The van der Waals surface area contributed by atoms with Gasteiger partial charge in [0.05, 0.1) is 7.05 Å². The van der Waals surface area contributed by atoms with E-state index < -0.39 is 12.1 Å². The topological polar surface area (TPSA) is 76.6 Å². The summed E-state index contributed by atoms with van der Waals surface area (Å²) in [5.74, 6) is -0.388. The molecule has 2 atom stereocenters. The SMILES string of the molecule is C[NH+](Cc1ccsc1)[C@@H](C(=O)NC(N)=O)c1ccccc1. The quantitative estimate of drug-likeness (QED) is 0.760. The Balaban J connectivity index is 2.22. The fourth-order valence-electron chi connectivity index (χ4n) is 2.32. The molecule has 0 bridgehead atoms. The molecule has 0 aliphatic carbocycles. The average molecular weight is 304 g/mol. The molecular weight excluding hydrogens is 286 g/mol. The molecule has 0 fully saturated rings. The highest BCUT2D eigenvalue weighted by Crippen LogP contribution is 2.11. The maximum atomic E-state index is 12.3. The van der Waals surface area contributed by atoms with Gasteiger partial charge >= 0.3 is 6.03 Å². The van der Waals surface area contributed by atoms with Crippen molar-refractivity contribution in [2.24, 2.45) is 5.73 Å². The fourth-order valence-corrected chi connectivity index (χ4v) is 2.98. The summed E-state index contributed by atoms with van der Waals surface area (Å²) < 4.78 is 0. The largest absolute Gasteiger partial charge is 0.351 e. The highest BCUT2D eigenvalue weighted by atomic mass is 32.1. The van der Waals surface area contributed by atoms with E-state index in [-0.39, 0.29) is 5.91 Å². The van der Waals surface area contributed by atoms with Gasteiger partial charge in [0.15, 0.2) is 6.04 Å². The fraction of sp³-hybridized carbons (Fsp3) is 0.200. The summed E-state index contributed by atoms with van der Waals surface area (Å²) >= 11 is 1.62. The Kier molecular flexibility index (Phi) is 5.08. The number of nitrogens with one attached hydrogen (secondary N) is 2. The van der Waals surface area contributed by atoms with Crippen molar-refractivity contribution in [2.45, 2.75) is 12.6 Å². The standard InChI is InChI=1S/C15H17N3O2S/c1-18(9-11-7-8-21-10-11)13(14(19)17-15(16)20)12-5-3-2-4-6-12/h2-8,10,13H,9H2,1H3,(H3,16,17,19,20)/p+1/t13-/m1/s1. The molecule has 1 aromatic carbocycles. The van der Waals surface area contributed by atoms with E-state index in [0.29, 0.717) is 6.54 Å². The third-order valence-corrected chi connectivity index (χ3v) is 3.93. The van der Waals surface area contributed by atoms with E-state index in [4.69, 9.17) is 5.73 Å². The van der Waals surface area contributed by atoms with Crippen LogP contribution in [-0.4, -0.2) is 19.0 Å². The number of carbonyl (C=O) groups excluding carboxylic acids is 2. The van der Waals surface area contributed by atoms with Gasteiger partial charge in [-0.25, -0.2) is 4.79 Å². The van der Waals surface area contributed by atoms with E-state index in [0.717, 1.165) is 16.0 Å². The number of likely N-dealkylation sites (N-methyl/N-ethyl adjacent to an activating group) is 1. The van der Waals surface area contributed by atoms with Crippen LogP contribution in [-0.2, 0) is 11.3 Å². The molecule has 0 saturated carbocycles. The zero-order valence-corrected chi connectivity index (χ0v) is 12.5. The molecule has 110 valence electrons. The van der Waals surface area contributed by atoms with Crippen molar-refractivity contribution in [3.63, 3.8) is 0 Å². The Labute approximate surface area is 127 Å². The first-order chi connectivity index (χ1) is 10.1. The number of nitrogens with two attached hydrogens (primary N) is 1. The molecule has 21 heavy (non-hydrogen) atoms. The van der Waals surface area contributed by atoms with Crippen molar-refractivity contribution in [3.05, 3.63) is 58.3 Å². The van der Waals surface area contributed by atoms with E-state index in [1.807, 2.05) is 48.8 Å². The number of hydrogen-bond donors (Lipinski definition) is 3. The van der Waals surface area contributed by atoms with Crippen LogP contribution in [0.2, 0.25) is 0 Å². The van der Waals surface area contributed by atoms with Gasteiger partial charge in [-0.1, -0.05) is 30.3 Å². The second-order valence-corrected chi connectivity index (χ2v) is 5.63. The van der Waals surface area contributed by atoms with E-state index in [2.05, 4.69) is 10.7 Å². The first kappa shape index (κ1) is 15.2. The van der Waals surface area contributed by atoms with Crippen LogP contribution >= 0.6 is 11.3 Å². The van der Waals surface area contributed by atoms with Gasteiger partial charge in [0, 0.05) is 11.1 Å². The number of carbonyl (C=O) groups is 2. The molecule has 0 spiro atoms. The first-order valence-electron chi connectivity index (χ1n) is 6.56. The zero-order chi connectivity index (χ0) is 15.2. The lowest BCUT2D eigenvalue weighted by Gasteiger charge is -2.23. The number of urea groups is 1. The smallest absolute Gasteiger partial charge is 0.319 e. The number of thiophene rings is 1. The van der Waals surface area contributed by atoms with Crippen molar-refractivity contribution < 1.29 is 14.5 Å². The van der Waals surface area contributed by atoms with Crippen LogP contribution in [0.3, 0.4) is 0 Å². The number of primary amides is 1. The normalized spacial score (nSPS) is 13.4. The Morgan fingerprint density at radius 1 is 1.29 bits per heavy atom. The number of rotatable bonds is 5. The van der Waals surface area contributed by atoms with E-state index >= 15 is 0 Å². The summed E-state index contributed by atoms with van der Waals surface area (Å²) in [6.45, 7) is 0.690. The lowest BCUT2D eigenvalue weighted by atomic mass is 10.0. The number of amides is 3. The lowest BCUT2D eigenvalue weighted by Crippen LogP contribution is -3.09. The van der Waals surface area contributed by atoms with Gasteiger partial charge in [-0.15, -0.1) is 0 Å². The van der Waals surface area contributed by atoms with Crippen molar-refractivity contribution in [2.75, 3.05) is 7.05 Å². The molecule has 5 nitrogen and oxygen atoms in total. The Bertz CT molecular complexity index is 599. The third-order valence-electron chi connectivity index (χ3n) is 3.20. The van der Waals surface area contributed by atoms with Crippen LogP contribution in [0.5, 0.6) is 0 Å². The van der Waals surface area contributed by atoms with Crippen molar-refractivity contribution >= 4 is 23.3 Å². The van der Waals surface area contributed by atoms with Crippen LogP contribution in [0.1, 0.15) is 17.2 Å². The Hall–Kier alpha value is -2.18. The van der Waals surface area contributed by atoms with E-state index in [1.54, 1.807) is 11.3 Å². The maximum Gasteiger partial charge on any atom is 0.319 e. The molecule has 0 saturated heterocycles. The predicted molar refractivity (Wildman–Crippen MR) is 81.8 cm³/mol. The van der Waals surface area contributed by atoms with Crippen LogP contribution in [0.4, 0.5) is 4.79 Å². The molecule has 6 heteroatoms. The molecule has 3 amide bonds. The second kappa shape index (κ2) is 7.01. The van der Waals surface area contributed by atoms with Gasteiger partial charge in [0.1, 0.15) is 6.54 Å². The van der Waals surface area contributed by atoms with Crippen molar-refractivity contribution in [3.8, 4) is 0 Å². The summed E-state index contributed by atoms with van der Waals surface area (Å²) in [6.07, 6.45) is 0.